The summed E-state index contributed by atoms with van der Waals surface area (Å²) >= 11 is 0. The van der Waals surface area contributed by atoms with Gasteiger partial charge in [0.2, 0.25) is 5.91 Å². The molecule has 0 saturated carbocycles. The van der Waals surface area contributed by atoms with Crippen LogP contribution >= 0.6 is 0 Å². The van der Waals surface area contributed by atoms with Gasteiger partial charge in [-0.05, 0) is 19.4 Å². The van der Waals surface area contributed by atoms with E-state index >= 15 is 0 Å². The molecule has 17 heavy (non-hydrogen) atoms. The first-order chi connectivity index (χ1) is 8.27. The van der Waals surface area contributed by atoms with Gasteiger partial charge in [0.15, 0.2) is 0 Å². The van der Waals surface area contributed by atoms with Crippen molar-refractivity contribution in [2.45, 2.75) is 31.8 Å². The van der Waals surface area contributed by atoms with Gasteiger partial charge in [-0.1, -0.05) is 0 Å². The van der Waals surface area contributed by atoms with Gasteiger partial charge in [0.25, 0.3) is 0 Å². The molecule has 1 aromatic heterocycles. The predicted molar refractivity (Wildman–Crippen MR) is 63.3 cm³/mol. The molecule has 0 aromatic carbocycles. The van der Waals surface area contributed by atoms with Crippen molar-refractivity contribution in [3.63, 3.8) is 0 Å². The van der Waals surface area contributed by atoms with Crippen LogP contribution in [0.15, 0.2) is 12.7 Å². The molecule has 0 spiro atoms. The average molecular weight is 237 g/mol. The van der Waals surface area contributed by atoms with E-state index in [9.17, 15) is 4.79 Å². The lowest BCUT2D eigenvalue weighted by Crippen LogP contribution is -2.46. The van der Waals surface area contributed by atoms with Crippen LogP contribution in [0.2, 0.25) is 0 Å². The third-order valence-corrected chi connectivity index (χ3v) is 3.23. The van der Waals surface area contributed by atoms with Crippen molar-refractivity contribution in [3.05, 3.63) is 12.7 Å². The molecule has 1 amide bonds. The lowest BCUT2D eigenvalue weighted by molar-refractivity contribution is -0.132. The van der Waals surface area contributed by atoms with Gasteiger partial charge in [-0.3, -0.25) is 9.48 Å². The summed E-state index contributed by atoms with van der Waals surface area (Å²) in [5.74, 6) is 0.175. The topological polar surface area (TPSA) is 63.1 Å². The Morgan fingerprint density at radius 1 is 1.65 bits per heavy atom. The Morgan fingerprint density at radius 3 is 3.18 bits per heavy atom. The highest BCUT2D eigenvalue weighted by molar-refractivity contribution is 5.76. The Morgan fingerprint density at radius 2 is 2.53 bits per heavy atom. The number of aryl methyl sites for hydroxylation is 1. The van der Waals surface area contributed by atoms with Crippen LogP contribution in [0.3, 0.4) is 0 Å². The molecule has 6 nitrogen and oxygen atoms in total. The van der Waals surface area contributed by atoms with E-state index in [0.29, 0.717) is 19.0 Å². The van der Waals surface area contributed by atoms with Crippen LogP contribution < -0.4 is 5.32 Å². The van der Waals surface area contributed by atoms with E-state index in [-0.39, 0.29) is 5.91 Å². The fourth-order valence-electron chi connectivity index (χ4n) is 2.10. The van der Waals surface area contributed by atoms with E-state index < -0.39 is 0 Å². The Hall–Kier alpha value is -1.43. The molecule has 1 unspecified atom stereocenters. The fraction of sp³-hybridized carbons (Fsp3) is 0.727. The largest absolute Gasteiger partial charge is 0.341 e. The summed E-state index contributed by atoms with van der Waals surface area (Å²) in [5.41, 5.74) is 0. The number of carbonyl (C=O) groups is 1. The van der Waals surface area contributed by atoms with Crippen molar-refractivity contribution >= 4 is 5.91 Å². The molecule has 1 fully saturated rings. The summed E-state index contributed by atoms with van der Waals surface area (Å²) in [6, 6.07) is 0.340. The summed E-state index contributed by atoms with van der Waals surface area (Å²) in [7, 11) is 1.89. The number of hydrogen-bond acceptors (Lipinski definition) is 4. The SMILES string of the molecule is CN(C(=O)CCn1cncn1)C1CCCNC1. The lowest BCUT2D eigenvalue weighted by atomic mass is 10.1. The second-order valence-corrected chi connectivity index (χ2v) is 4.41. The zero-order chi connectivity index (χ0) is 12.1. The number of hydrogen-bond donors (Lipinski definition) is 1. The van der Waals surface area contributed by atoms with Crippen molar-refractivity contribution in [2.75, 3.05) is 20.1 Å². The molecule has 0 bridgehead atoms. The van der Waals surface area contributed by atoms with Crippen molar-refractivity contribution in [3.8, 4) is 0 Å². The Kier molecular flexibility index (Phi) is 4.08. The maximum Gasteiger partial charge on any atom is 0.224 e. The smallest absolute Gasteiger partial charge is 0.224 e. The van der Waals surface area contributed by atoms with Gasteiger partial charge in [-0.15, -0.1) is 0 Å². The number of likely N-dealkylation sites (N-methyl/N-ethyl adjacent to an activating group) is 1. The molecule has 0 radical (unpaired) electrons. The van der Waals surface area contributed by atoms with Crippen LogP contribution in [0.25, 0.3) is 0 Å². The van der Waals surface area contributed by atoms with Crippen LogP contribution in [0, 0.1) is 0 Å². The third-order valence-electron chi connectivity index (χ3n) is 3.23. The second-order valence-electron chi connectivity index (χ2n) is 4.41. The Balaban J connectivity index is 1.78. The molecule has 1 aliphatic heterocycles. The molecule has 1 N–H and O–H groups in total. The molecule has 6 heteroatoms. The van der Waals surface area contributed by atoms with Crippen molar-refractivity contribution < 1.29 is 4.79 Å². The van der Waals surface area contributed by atoms with E-state index in [4.69, 9.17) is 0 Å². The maximum atomic E-state index is 12.0. The van der Waals surface area contributed by atoms with Crippen LogP contribution in [0.5, 0.6) is 0 Å². The maximum absolute atomic E-state index is 12.0. The molecular weight excluding hydrogens is 218 g/mol. The van der Waals surface area contributed by atoms with Crippen molar-refractivity contribution in [1.82, 2.24) is 25.0 Å². The summed E-state index contributed by atoms with van der Waals surface area (Å²) in [5, 5.41) is 7.30. The number of carbonyl (C=O) groups excluding carboxylic acids is 1. The monoisotopic (exact) mass is 237 g/mol. The first-order valence-corrected chi connectivity index (χ1v) is 6.06. The zero-order valence-corrected chi connectivity index (χ0v) is 10.2. The number of rotatable bonds is 4. The van der Waals surface area contributed by atoms with Gasteiger partial charge in [0.1, 0.15) is 12.7 Å². The molecule has 1 aromatic rings. The highest BCUT2D eigenvalue weighted by Gasteiger charge is 2.21. The summed E-state index contributed by atoms with van der Waals surface area (Å²) in [4.78, 5) is 17.7. The summed E-state index contributed by atoms with van der Waals surface area (Å²) < 4.78 is 1.69. The summed E-state index contributed by atoms with van der Waals surface area (Å²) in [6.07, 6.45) is 5.84. The van der Waals surface area contributed by atoms with E-state index in [0.717, 1.165) is 25.9 Å². The lowest BCUT2D eigenvalue weighted by Gasteiger charge is -2.31. The van der Waals surface area contributed by atoms with E-state index in [1.165, 1.54) is 6.33 Å². The number of piperidine rings is 1. The van der Waals surface area contributed by atoms with Crippen molar-refractivity contribution in [2.24, 2.45) is 0 Å². The number of nitrogens with zero attached hydrogens (tertiary/aromatic N) is 4. The van der Waals surface area contributed by atoms with Gasteiger partial charge >= 0.3 is 0 Å². The van der Waals surface area contributed by atoms with Gasteiger partial charge in [0.05, 0.1) is 6.54 Å². The number of aromatic nitrogens is 3. The van der Waals surface area contributed by atoms with Crippen LogP contribution in [-0.2, 0) is 11.3 Å². The minimum absolute atomic E-state index is 0.175. The molecular formula is C11H19N5O. The molecule has 0 aliphatic carbocycles. The third kappa shape index (κ3) is 3.26. The molecule has 2 heterocycles. The highest BCUT2D eigenvalue weighted by atomic mass is 16.2. The Labute approximate surface area is 101 Å². The van der Waals surface area contributed by atoms with E-state index in [2.05, 4.69) is 15.4 Å². The summed E-state index contributed by atoms with van der Waals surface area (Å²) in [6.45, 7) is 2.58. The van der Waals surface area contributed by atoms with E-state index in [1.54, 1.807) is 11.0 Å². The quantitative estimate of drug-likeness (QED) is 0.793. The first-order valence-electron chi connectivity index (χ1n) is 6.06. The normalized spacial score (nSPS) is 20.2. The standard InChI is InChI=1S/C11H19N5O/c1-15(10-3-2-5-12-7-10)11(17)4-6-16-9-13-8-14-16/h8-10,12H,2-7H2,1H3. The molecule has 1 aliphatic rings. The zero-order valence-electron chi connectivity index (χ0n) is 10.2. The fourth-order valence-corrected chi connectivity index (χ4v) is 2.10. The van der Waals surface area contributed by atoms with Crippen molar-refractivity contribution in [1.29, 1.82) is 0 Å². The molecule has 1 saturated heterocycles. The highest BCUT2D eigenvalue weighted by Crippen LogP contribution is 2.09. The average Bonchev–Trinajstić information content (AvgIpc) is 2.89. The van der Waals surface area contributed by atoms with Crippen LogP contribution in [-0.4, -0.2) is 51.8 Å². The first kappa shape index (κ1) is 12.0. The van der Waals surface area contributed by atoms with Gasteiger partial charge in [0, 0.05) is 26.1 Å². The molecule has 2 rings (SSSR count). The van der Waals surface area contributed by atoms with Gasteiger partial charge in [-0.25, -0.2) is 4.98 Å². The van der Waals surface area contributed by atoms with Crippen LogP contribution in [0.4, 0.5) is 0 Å². The molecule has 94 valence electrons. The second kappa shape index (κ2) is 5.77. The predicted octanol–water partition coefficient (Wildman–Crippen LogP) is -0.121. The van der Waals surface area contributed by atoms with Gasteiger partial charge in [-0.2, -0.15) is 5.10 Å². The number of nitrogens with one attached hydrogen (secondary N) is 1. The molecule has 1 atom stereocenters. The minimum Gasteiger partial charge on any atom is -0.341 e. The van der Waals surface area contributed by atoms with Gasteiger partial charge < -0.3 is 10.2 Å². The van der Waals surface area contributed by atoms with Crippen LogP contribution in [0.1, 0.15) is 19.3 Å². The van der Waals surface area contributed by atoms with E-state index in [1.807, 2.05) is 11.9 Å². The minimum atomic E-state index is 0.175. The Bertz CT molecular complexity index is 345. The number of amides is 1.